The van der Waals surface area contributed by atoms with E-state index in [1.54, 1.807) is 22.8 Å². The van der Waals surface area contributed by atoms with Crippen LogP contribution in [0.25, 0.3) is 0 Å². The lowest BCUT2D eigenvalue weighted by molar-refractivity contribution is -0.274. The minimum Gasteiger partial charge on any atom is -0.490 e. The van der Waals surface area contributed by atoms with E-state index in [2.05, 4.69) is 15.0 Å². The highest BCUT2D eigenvalue weighted by atomic mass is 35.5. The Labute approximate surface area is 174 Å². The second-order valence-electron chi connectivity index (χ2n) is 6.30. The topological polar surface area (TPSA) is 65.4 Å². The van der Waals surface area contributed by atoms with Gasteiger partial charge in [-0.15, -0.1) is 13.2 Å². The fourth-order valence-corrected chi connectivity index (χ4v) is 2.86. The van der Waals surface area contributed by atoms with Crippen molar-refractivity contribution < 1.29 is 22.6 Å². The Bertz CT molecular complexity index is 1100. The zero-order chi connectivity index (χ0) is 21.9. The summed E-state index contributed by atoms with van der Waals surface area (Å²) in [5.41, 5.74) is 1.51. The summed E-state index contributed by atoms with van der Waals surface area (Å²) >= 11 is 6.15. The molecule has 158 valence electrons. The minimum absolute atomic E-state index is 0.0281. The number of methoxy groups -OCH3 is 1. The van der Waals surface area contributed by atoms with Crippen LogP contribution in [0.1, 0.15) is 11.1 Å². The molecular weight excluding hydrogens is 423 g/mol. The van der Waals surface area contributed by atoms with Gasteiger partial charge in [0.25, 0.3) is 0 Å². The molecule has 30 heavy (non-hydrogen) atoms. The lowest BCUT2D eigenvalue weighted by atomic mass is 10.2. The molecule has 1 heterocycles. The number of hydrogen-bond acceptors (Lipinski definition) is 5. The van der Waals surface area contributed by atoms with Crippen molar-refractivity contribution in [3.05, 3.63) is 75.2 Å². The van der Waals surface area contributed by atoms with Crippen LogP contribution in [-0.2, 0) is 6.54 Å². The van der Waals surface area contributed by atoms with Crippen LogP contribution in [0.2, 0.25) is 5.02 Å². The van der Waals surface area contributed by atoms with E-state index in [1.165, 1.54) is 37.6 Å². The fraction of sp³-hybridized carbons (Fsp3) is 0.200. The Balaban J connectivity index is 1.93. The lowest BCUT2D eigenvalue weighted by Crippen LogP contribution is -2.19. The van der Waals surface area contributed by atoms with Crippen molar-refractivity contribution in [2.24, 2.45) is 0 Å². The number of benzene rings is 2. The quantitative estimate of drug-likeness (QED) is 0.591. The van der Waals surface area contributed by atoms with E-state index in [1.807, 2.05) is 6.92 Å². The van der Waals surface area contributed by atoms with E-state index >= 15 is 0 Å². The molecule has 2 aromatic carbocycles. The van der Waals surface area contributed by atoms with Gasteiger partial charge in [0.15, 0.2) is 0 Å². The molecule has 1 N–H and O–H groups in total. The molecule has 0 radical (unpaired) electrons. The molecule has 0 fully saturated rings. The maximum absolute atomic E-state index is 12.3. The van der Waals surface area contributed by atoms with Gasteiger partial charge < -0.3 is 19.4 Å². The van der Waals surface area contributed by atoms with E-state index in [9.17, 15) is 18.0 Å². The average Bonchev–Trinajstić information content (AvgIpc) is 2.67. The summed E-state index contributed by atoms with van der Waals surface area (Å²) in [7, 11) is 1.35. The monoisotopic (exact) mass is 439 g/mol. The number of aromatic nitrogens is 2. The molecule has 0 saturated heterocycles. The Kier molecular flexibility index (Phi) is 6.21. The number of nitrogens with one attached hydrogen (secondary N) is 1. The van der Waals surface area contributed by atoms with Gasteiger partial charge in [0.05, 0.1) is 19.9 Å². The van der Waals surface area contributed by atoms with Crippen LogP contribution >= 0.6 is 11.6 Å². The second kappa shape index (κ2) is 8.66. The van der Waals surface area contributed by atoms with Crippen LogP contribution in [0.3, 0.4) is 0 Å². The lowest BCUT2D eigenvalue weighted by Gasteiger charge is -2.17. The van der Waals surface area contributed by atoms with Crippen molar-refractivity contribution >= 4 is 23.2 Å². The third-order valence-corrected chi connectivity index (χ3v) is 4.62. The number of halogens is 4. The third-order valence-electron chi connectivity index (χ3n) is 4.21. The number of nitrogens with zero attached hydrogens (tertiary/aromatic N) is 2. The number of ether oxygens (including phenoxy) is 2. The Hall–Kier alpha value is -3.20. The largest absolute Gasteiger partial charge is 0.573 e. The molecule has 6 nitrogen and oxygen atoms in total. The summed E-state index contributed by atoms with van der Waals surface area (Å²) in [6, 6.07) is 10.7. The Morgan fingerprint density at radius 2 is 1.87 bits per heavy atom. The van der Waals surface area contributed by atoms with Crippen molar-refractivity contribution in [1.29, 1.82) is 0 Å². The molecule has 0 atom stereocenters. The first-order valence-electron chi connectivity index (χ1n) is 8.68. The number of alkyl halides is 3. The van der Waals surface area contributed by atoms with Gasteiger partial charge in [0.2, 0.25) is 11.7 Å². The van der Waals surface area contributed by atoms with Crippen LogP contribution in [-0.4, -0.2) is 23.0 Å². The van der Waals surface area contributed by atoms with Crippen molar-refractivity contribution in [3.8, 4) is 11.5 Å². The summed E-state index contributed by atoms with van der Waals surface area (Å²) < 4.78 is 47.6. The minimum atomic E-state index is -4.76. The maximum Gasteiger partial charge on any atom is 0.573 e. The van der Waals surface area contributed by atoms with E-state index in [4.69, 9.17) is 16.3 Å². The van der Waals surface area contributed by atoms with Crippen LogP contribution in [0.4, 0.5) is 24.8 Å². The molecule has 3 aromatic rings. The molecule has 3 rings (SSSR count). The van der Waals surface area contributed by atoms with E-state index in [0.717, 1.165) is 5.56 Å². The van der Waals surface area contributed by atoms with Gasteiger partial charge >= 0.3 is 11.9 Å². The zero-order valence-corrected chi connectivity index (χ0v) is 16.7. The molecule has 0 saturated carbocycles. The van der Waals surface area contributed by atoms with Gasteiger partial charge in [0.1, 0.15) is 5.75 Å². The predicted octanol–water partition coefficient (Wildman–Crippen LogP) is 4.90. The number of anilines is 2. The van der Waals surface area contributed by atoms with Crippen molar-refractivity contribution in [1.82, 2.24) is 9.55 Å². The van der Waals surface area contributed by atoms with E-state index in [-0.39, 0.29) is 24.0 Å². The Morgan fingerprint density at radius 3 is 2.50 bits per heavy atom. The molecule has 0 amide bonds. The highest BCUT2D eigenvalue weighted by Crippen LogP contribution is 2.27. The highest BCUT2D eigenvalue weighted by molar-refractivity contribution is 6.31. The highest BCUT2D eigenvalue weighted by Gasteiger charge is 2.30. The molecule has 0 aliphatic carbocycles. The number of rotatable bonds is 6. The smallest absolute Gasteiger partial charge is 0.490 e. The maximum atomic E-state index is 12.3. The SMILES string of the molecule is COc1cn(Cc2ccc(OC(F)(F)F)cc2)c(Nc2cccc(Cl)c2C)nc1=O. The normalized spacial score (nSPS) is 11.3. The zero-order valence-electron chi connectivity index (χ0n) is 16.0. The summed E-state index contributed by atoms with van der Waals surface area (Å²) in [5.74, 6) is -0.0723. The fourth-order valence-electron chi connectivity index (χ4n) is 2.69. The van der Waals surface area contributed by atoms with Gasteiger partial charge in [-0.25, -0.2) is 0 Å². The van der Waals surface area contributed by atoms with E-state index in [0.29, 0.717) is 16.3 Å². The first-order chi connectivity index (χ1) is 14.2. The second-order valence-corrected chi connectivity index (χ2v) is 6.70. The van der Waals surface area contributed by atoms with Crippen LogP contribution < -0.4 is 20.3 Å². The van der Waals surface area contributed by atoms with Gasteiger partial charge in [-0.05, 0) is 42.3 Å². The Morgan fingerprint density at radius 1 is 1.17 bits per heavy atom. The molecule has 0 spiro atoms. The molecule has 0 aliphatic heterocycles. The molecule has 10 heteroatoms. The van der Waals surface area contributed by atoms with Crippen LogP contribution in [0, 0.1) is 6.92 Å². The van der Waals surface area contributed by atoms with Gasteiger partial charge in [-0.3, -0.25) is 4.79 Å². The summed E-state index contributed by atoms with van der Waals surface area (Å²) in [6.07, 6.45) is -3.29. The van der Waals surface area contributed by atoms with Crippen LogP contribution in [0.15, 0.2) is 53.5 Å². The first kappa shape index (κ1) is 21.5. The van der Waals surface area contributed by atoms with Gasteiger partial charge in [0, 0.05) is 10.7 Å². The molecule has 1 aromatic heterocycles. The summed E-state index contributed by atoms with van der Waals surface area (Å²) in [5, 5.41) is 3.62. The molecule has 0 aliphatic rings. The third kappa shape index (κ3) is 5.24. The summed E-state index contributed by atoms with van der Waals surface area (Å²) in [4.78, 5) is 16.2. The number of hydrogen-bond donors (Lipinski definition) is 1. The standard InChI is InChI=1S/C20H17ClF3N3O3/c1-12-15(21)4-3-5-16(12)25-19-26-18(28)17(29-2)11-27(19)10-13-6-8-14(9-7-13)30-20(22,23)24/h3-9,11H,10H2,1-2H3,(H,25,26,28). The van der Waals surface area contributed by atoms with Crippen LogP contribution in [0.5, 0.6) is 11.5 Å². The van der Waals surface area contributed by atoms with Gasteiger partial charge in [-0.1, -0.05) is 29.8 Å². The predicted molar refractivity (Wildman–Crippen MR) is 107 cm³/mol. The molecular formula is C20H17ClF3N3O3. The van der Waals surface area contributed by atoms with Crippen molar-refractivity contribution in [2.75, 3.05) is 12.4 Å². The average molecular weight is 440 g/mol. The molecule has 0 unspecified atom stereocenters. The summed E-state index contributed by atoms with van der Waals surface area (Å²) in [6.45, 7) is 2.02. The molecule has 0 bridgehead atoms. The first-order valence-corrected chi connectivity index (χ1v) is 9.06. The van der Waals surface area contributed by atoms with Crippen molar-refractivity contribution in [2.45, 2.75) is 19.8 Å². The van der Waals surface area contributed by atoms with Gasteiger partial charge in [-0.2, -0.15) is 4.98 Å². The van der Waals surface area contributed by atoms with Crippen molar-refractivity contribution in [3.63, 3.8) is 0 Å². The van der Waals surface area contributed by atoms with E-state index < -0.39 is 11.9 Å².